The third-order valence-electron chi connectivity index (χ3n) is 3.33. The second-order valence-electron chi connectivity index (χ2n) is 5.25. The van der Waals surface area contributed by atoms with Crippen LogP contribution in [-0.4, -0.2) is 30.0 Å². The molecule has 1 heterocycles. The molecule has 3 heteroatoms. The van der Waals surface area contributed by atoms with Crippen LogP contribution in [0.3, 0.4) is 0 Å². The van der Waals surface area contributed by atoms with Crippen LogP contribution < -0.4 is 5.32 Å². The van der Waals surface area contributed by atoms with Gasteiger partial charge in [0.25, 0.3) is 0 Å². The van der Waals surface area contributed by atoms with Crippen molar-refractivity contribution in [3.8, 4) is 0 Å². The molecule has 1 N–H and O–H groups in total. The Morgan fingerprint density at radius 1 is 1.05 bits per heavy atom. The van der Waals surface area contributed by atoms with Crippen molar-refractivity contribution in [2.24, 2.45) is 0 Å². The number of para-hydroxylation sites is 1. The fourth-order valence-corrected chi connectivity index (χ4v) is 2.20. The number of hydrogen-bond acceptors (Lipinski definition) is 3. The summed E-state index contributed by atoms with van der Waals surface area (Å²) in [5.41, 5.74) is 4.71. The van der Waals surface area contributed by atoms with Gasteiger partial charge < -0.3 is 5.32 Å². The summed E-state index contributed by atoms with van der Waals surface area (Å²) in [6.07, 6.45) is 0. The number of hydrogen-bond donors (Lipinski definition) is 1. The molecule has 2 rings (SSSR count). The summed E-state index contributed by atoms with van der Waals surface area (Å²) in [6, 6.07) is 14.6. The minimum Gasteiger partial charge on any atom is -0.384 e. The first kappa shape index (κ1) is 14.5. The van der Waals surface area contributed by atoms with Crippen molar-refractivity contribution in [3.63, 3.8) is 0 Å². The monoisotopic (exact) mass is 269 g/mol. The molecule has 20 heavy (non-hydrogen) atoms. The molecule has 0 aliphatic heterocycles. The lowest BCUT2D eigenvalue weighted by Crippen LogP contribution is -2.25. The topological polar surface area (TPSA) is 28.2 Å². The zero-order chi connectivity index (χ0) is 14.4. The Hall–Kier alpha value is -1.87. The highest BCUT2D eigenvalue weighted by atomic mass is 15.1. The van der Waals surface area contributed by atoms with E-state index >= 15 is 0 Å². The number of nitrogens with zero attached hydrogens (tertiary/aromatic N) is 2. The van der Waals surface area contributed by atoms with Crippen molar-refractivity contribution in [2.75, 3.05) is 25.5 Å². The van der Waals surface area contributed by atoms with Crippen LogP contribution in [0.5, 0.6) is 0 Å². The third-order valence-corrected chi connectivity index (χ3v) is 3.33. The number of nitrogens with one attached hydrogen (secondary N) is 1. The lowest BCUT2D eigenvalue weighted by molar-refractivity contribution is 0.335. The van der Waals surface area contributed by atoms with Gasteiger partial charge in [-0.1, -0.05) is 24.3 Å². The predicted octanol–water partition coefficient (Wildman–Crippen LogP) is 3.24. The van der Waals surface area contributed by atoms with Crippen molar-refractivity contribution < 1.29 is 0 Å². The Morgan fingerprint density at radius 3 is 2.60 bits per heavy atom. The van der Waals surface area contributed by atoms with Gasteiger partial charge in [0.2, 0.25) is 0 Å². The smallest absolute Gasteiger partial charge is 0.0547 e. The number of benzene rings is 1. The molecule has 0 amide bonds. The molecule has 1 aromatic carbocycles. The number of rotatable bonds is 6. The molecule has 0 spiro atoms. The van der Waals surface area contributed by atoms with E-state index in [0.29, 0.717) is 0 Å². The second-order valence-corrected chi connectivity index (χ2v) is 5.25. The maximum absolute atomic E-state index is 4.53. The molecule has 2 aromatic rings. The van der Waals surface area contributed by atoms with Crippen molar-refractivity contribution in [1.29, 1.82) is 0 Å². The van der Waals surface area contributed by atoms with Crippen LogP contribution in [0.2, 0.25) is 0 Å². The summed E-state index contributed by atoms with van der Waals surface area (Å²) >= 11 is 0. The average molecular weight is 269 g/mol. The zero-order valence-electron chi connectivity index (χ0n) is 12.6. The van der Waals surface area contributed by atoms with Crippen LogP contribution in [-0.2, 0) is 6.54 Å². The molecular formula is C17H23N3. The van der Waals surface area contributed by atoms with E-state index in [0.717, 1.165) is 31.0 Å². The van der Waals surface area contributed by atoms with Crippen molar-refractivity contribution in [3.05, 3.63) is 59.4 Å². The summed E-state index contributed by atoms with van der Waals surface area (Å²) in [5.74, 6) is 0. The first-order valence-corrected chi connectivity index (χ1v) is 7.06. The van der Waals surface area contributed by atoms with E-state index in [4.69, 9.17) is 0 Å². The van der Waals surface area contributed by atoms with E-state index in [1.165, 1.54) is 11.3 Å². The second kappa shape index (κ2) is 7.06. The highest BCUT2D eigenvalue weighted by Crippen LogP contribution is 2.12. The summed E-state index contributed by atoms with van der Waals surface area (Å²) in [5, 5.41) is 3.48. The van der Waals surface area contributed by atoms with Crippen LogP contribution >= 0.6 is 0 Å². The van der Waals surface area contributed by atoms with Gasteiger partial charge in [0.15, 0.2) is 0 Å². The van der Waals surface area contributed by atoms with Crippen molar-refractivity contribution in [1.82, 2.24) is 9.88 Å². The first-order chi connectivity index (χ1) is 9.65. The molecule has 1 aromatic heterocycles. The Kier molecular flexibility index (Phi) is 5.13. The van der Waals surface area contributed by atoms with Gasteiger partial charge in [-0.25, -0.2) is 0 Å². The number of likely N-dealkylation sites (N-methyl/N-ethyl adjacent to an activating group) is 1. The molecule has 0 saturated heterocycles. The quantitative estimate of drug-likeness (QED) is 0.872. The van der Waals surface area contributed by atoms with Gasteiger partial charge in [-0.2, -0.15) is 0 Å². The van der Waals surface area contributed by atoms with Crippen molar-refractivity contribution in [2.45, 2.75) is 20.4 Å². The van der Waals surface area contributed by atoms with Gasteiger partial charge in [-0.05, 0) is 44.7 Å². The van der Waals surface area contributed by atoms with Crippen LogP contribution in [0.1, 0.15) is 17.0 Å². The average Bonchev–Trinajstić information content (AvgIpc) is 2.41. The maximum atomic E-state index is 4.53. The number of aryl methyl sites for hydroxylation is 2. The normalized spacial score (nSPS) is 10.8. The summed E-state index contributed by atoms with van der Waals surface area (Å²) in [7, 11) is 2.13. The van der Waals surface area contributed by atoms with E-state index in [1.54, 1.807) is 0 Å². The molecular weight excluding hydrogens is 246 g/mol. The molecule has 3 nitrogen and oxygen atoms in total. The van der Waals surface area contributed by atoms with E-state index in [9.17, 15) is 0 Å². The Morgan fingerprint density at radius 2 is 1.85 bits per heavy atom. The highest BCUT2D eigenvalue weighted by Gasteiger charge is 2.02. The molecule has 106 valence electrons. The SMILES string of the molecule is Cc1cccc(CN(C)CCNc2ccccc2C)n1. The standard InChI is InChI=1S/C17H23N3/c1-14-7-4-5-10-17(14)18-11-12-20(3)13-16-9-6-8-15(2)19-16/h4-10,18H,11-13H2,1-3H3. The van der Waals surface area contributed by atoms with Crippen LogP contribution in [0.15, 0.2) is 42.5 Å². The molecule has 0 unspecified atom stereocenters. The fraction of sp³-hybridized carbons (Fsp3) is 0.353. The summed E-state index contributed by atoms with van der Waals surface area (Å²) in [4.78, 5) is 6.82. The molecule has 0 aliphatic carbocycles. The van der Waals surface area contributed by atoms with E-state index in [-0.39, 0.29) is 0 Å². The lowest BCUT2D eigenvalue weighted by Gasteiger charge is -2.17. The minimum atomic E-state index is 0.886. The molecule has 0 atom stereocenters. The Bertz CT molecular complexity index is 551. The number of pyridine rings is 1. The third kappa shape index (κ3) is 4.35. The van der Waals surface area contributed by atoms with E-state index in [1.807, 2.05) is 13.0 Å². The van der Waals surface area contributed by atoms with Crippen LogP contribution in [0.25, 0.3) is 0 Å². The zero-order valence-corrected chi connectivity index (χ0v) is 12.6. The molecule has 0 aliphatic rings. The molecule has 0 fully saturated rings. The fourth-order valence-electron chi connectivity index (χ4n) is 2.20. The van der Waals surface area contributed by atoms with E-state index < -0.39 is 0 Å². The lowest BCUT2D eigenvalue weighted by atomic mass is 10.2. The van der Waals surface area contributed by atoms with Gasteiger partial charge in [0.05, 0.1) is 5.69 Å². The van der Waals surface area contributed by atoms with Crippen molar-refractivity contribution >= 4 is 5.69 Å². The van der Waals surface area contributed by atoms with Crippen LogP contribution in [0, 0.1) is 13.8 Å². The number of anilines is 1. The van der Waals surface area contributed by atoms with Gasteiger partial charge in [-0.3, -0.25) is 9.88 Å². The predicted molar refractivity (Wildman–Crippen MR) is 85.0 cm³/mol. The van der Waals surface area contributed by atoms with Gasteiger partial charge in [0, 0.05) is 31.0 Å². The first-order valence-electron chi connectivity index (χ1n) is 7.06. The Labute approximate surface area is 121 Å². The summed E-state index contributed by atoms with van der Waals surface area (Å²) < 4.78 is 0. The van der Waals surface area contributed by atoms with Gasteiger partial charge >= 0.3 is 0 Å². The maximum Gasteiger partial charge on any atom is 0.0547 e. The summed E-state index contributed by atoms with van der Waals surface area (Å²) in [6.45, 7) is 6.97. The minimum absolute atomic E-state index is 0.886. The largest absolute Gasteiger partial charge is 0.384 e. The highest BCUT2D eigenvalue weighted by molar-refractivity contribution is 5.50. The van der Waals surface area contributed by atoms with Gasteiger partial charge in [-0.15, -0.1) is 0 Å². The number of aromatic nitrogens is 1. The van der Waals surface area contributed by atoms with Gasteiger partial charge in [0.1, 0.15) is 0 Å². The van der Waals surface area contributed by atoms with E-state index in [2.05, 4.69) is 65.6 Å². The molecule has 0 bridgehead atoms. The molecule has 0 saturated carbocycles. The van der Waals surface area contributed by atoms with Crippen LogP contribution in [0.4, 0.5) is 5.69 Å². The molecule has 0 radical (unpaired) electrons. The Balaban J connectivity index is 1.78.